The molecule has 0 aliphatic carbocycles. The molecule has 0 bridgehead atoms. The number of rotatable bonds is 7. The molecule has 3 nitrogen and oxygen atoms in total. The molecule has 110 valence electrons. The number of unbranched alkanes of at least 4 members (excludes halogenated alkanes) is 1. The van der Waals surface area contributed by atoms with E-state index in [-0.39, 0.29) is 0 Å². The number of hydrogen-bond donors (Lipinski definition) is 0. The molecule has 0 N–H and O–H groups in total. The van der Waals surface area contributed by atoms with Gasteiger partial charge in [0.25, 0.3) is 0 Å². The van der Waals surface area contributed by atoms with Gasteiger partial charge in [-0.15, -0.1) is 0 Å². The molecule has 1 aliphatic rings. The fraction of sp³-hybridized carbons (Fsp3) is 0.588. The lowest BCUT2D eigenvalue weighted by Gasteiger charge is -2.30. The van der Waals surface area contributed by atoms with Gasteiger partial charge in [0.2, 0.25) is 0 Å². The highest BCUT2D eigenvalue weighted by molar-refractivity contribution is 5.79. The molecule has 2 rings (SSSR count). The first-order valence-electron chi connectivity index (χ1n) is 7.69. The maximum atomic E-state index is 10.9. The number of aldehydes is 1. The van der Waals surface area contributed by atoms with Crippen molar-refractivity contribution < 1.29 is 9.53 Å². The minimum atomic E-state index is 0.637. The Hall–Kier alpha value is -1.35. The Morgan fingerprint density at radius 3 is 2.75 bits per heavy atom. The molecule has 3 heteroatoms. The number of carbonyl (C=O) groups excluding carboxylic acids is 1. The van der Waals surface area contributed by atoms with E-state index in [2.05, 4.69) is 11.8 Å². The monoisotopic (exact) mass is 275 g/mol. The first-order valence-corrected chi connectivity index (χ1v) is 7.69. The van der Waals surface area contributed by atoms with Gasteiger partial charge >= 0.3 is 0 Å². The largest absolute Gasteiger partial charge is 0.493 e. The van der Waals surface area contributed by atoms with Crippen LogP contribution in [-0.2, 0) is 0 Å². The number of ether oxygens (including phenoxy) is 1. The third-order valence-corrected chi connectivity index (χ3v) is 4.05. The molecule has 0 unspecified atom stereocenters. The summed E-state index contributed by atoms with van der Waals surface area (Å²) in [5.74, 6) is 1.60. The molecule has 0 aromatic heterocycles. The second-order valence-corrected chi connectivity index (χ2v) is 5.74. The Morgan fingerprint density at radius 1 is 1.25 bits per heavy atom. The van der Waals surface area contributed by atoms with Crippen molar-refractivity contribution in [3.63, 3.8) is 0 Å². The predicted molar refractivity (Wildman–Crippen MR) is 81.4 cm³/mol. The number of benzene rings is 1. The number of nitrogens with zero attached hydrogens (tertiary/aromatic N) is 1. The zero-order valence-corrected chi connectivity index (χ0v) is 12.4. The lowest BCUT2D eigenvalue weighted by Crippen LogP contribution is -2.33. The van der Waals surface area contributed by atoms with Crippen molar-refractivity contribution in [1.82, 2.24) is 4.90 Å². The van der Waals surface area contributed by atoms with Crippen LogP contribution in [0, 0.1) is 5.92 Å². The fourth-order valence-corrected chi connectivity index (χ4v) is 2.61. The van der Waals surface area contributed by atoms with E-state index in [9.17, 15) is 4.79 Å². The summed E-state index contributed by atoms with van der Waals surface area (Å²) in [5, 5.41) is 0. The standard InChI is InChI=1S/C17H25NO2/c1-15-8-11-18(12-9-15)10-4-5-13-20-17-7-3-2-6-16(17)14-19/h2-3,6-7,14-15H,4-5,8-13H2,1H3. The lowest BCUT2D eigenvalue weighted by atomic mass is 9.99. The van der Waals surface area contributed by atoms with Crippen LogP contribution in [0.4, 0.5) is 0 Å². The van der Waals surface area contributed by atoms with Crippen molar-refractivity contribution in [3.8, 4) is 5.75 Å². The first-order chi connectivity index (χ1) is 9.79. The highest BCUT2D eigenvalue weighted by Crippen LogP contribution is 2.17. The molecule has 20 heavy (non-hydrogen) atoms. The van der Waals surface area contributed by atoms with Gasteiger partial charge < -0.3 is 9.64 Å². The number of carbonyl (C=O) groups is 1. The average molecular weight is 275 g/mol. The summed E-state index contributed by atoms with van der Waals surface area (Å²) in [6.45, 7) is 6.70. The Kier molecular flexibility index (Phi) is 6.06. The minimum absolute atomic E-state index is 0.637. The van der Waals surface area contributed by atoms with Crippen molar-refractivity contribution in [1.29, 1.82) is 0 Å². The van der Waals surface area contributed by atoms with Crippen molar-refractivity contribution in [2.75, 3.05) is 26.2 Å². The van der Waals surface area contributed by atoms with Gasteiger partial charge in [0, 0.05) is 0 Å². The van der Waals surface area contributed by atoms with Crippen LogP contribution in [0.25, 0.3) is 0 Å². The zero-order chi connectivity index (χ0) is 14.2. The second kappa shape index (κ2) is 8.05. The molecule has 1 aromatic rings. The van der Waals surface area contributed by atoms with Gasteiger partial charge in [-0.05, 0) is 63.4 Å². The van der Waals surface area contributed by atoms with Gasteiger partial charge in [0.05, 0.1) is 12.2 Å². The number of likely N-dealkylation sites (tertiary alicyclic amines) is 1. The molecule has 0 spiro atoms. The summed E-state index contributed by atoms with van der Waals surface area (Å²) in [4.78, 5) is 13.4. The molecule has 0 amide bonds. The molecule has 1 heterocycles. The van der Waals surface area contributed by atoms with E-state index in [0.29, 0.717) is 17.9 Å². The summed E-state index contributed by atoms with van der Waals surface area (Å²) in [5.41, 5.74) is 0.637. The Bertz CT molecular complexity index is 411. The van der Waals surface area contributed by atoms with Crippen molar-refractivity contribution in [3.05, 3.63) is 29.8 Å². The summed E-state index contributed by atoms with van der Waals surface area (Å²) in [6.07, 6.45) is 5.73. The normalized spacial score (nSPS) is 17.1. The lowest BCUT2D eigenvalue weighted by molar-refractivity contribution is 0.111. The van der Waals surface area contributed by atoms with Gasteiger partial charge in [-0.3, -0.25) is 4.79 Å². The van der Waals surface area contributed by atoms with E-state index in [1.54, 1.807) is 6.07 Å². The Balaban J connectivity index is 1.61. The van der Waals surface area contributed by atoms with Crippen LogP contribution in [0.5, 0.6) is 5.75 Å². The average Bonchev–Trinajstić information content (AvgIpc) is 2.49. The van der Waals surface area contributed by atoms with Gasteiger partial charge in [0.1, 0.15) is 5.75 Å². The van der Waals surface area contributed by atoms with E-state index < -0.39 is 0 Å². The van der Waals surface area contributed by atoms with Gasteiger partial charge in [-0.25, -0.2) is 0 Å². The SMILES string of the molecule is CC1CCN(CCCCOc2ccccc2C=O)CC1. The third-order valence-electron chi connectivity index (χ3n) is 4.05. The van der Waals surface area contributed by atoms with E-state index >= 15 is 0 Å². The second-order valence-electron chi connectivity index (χ2n) is 5.74. The summed E-state index contributed by atoms with van der Waals surface area (Å²) >= 11 is 0. The summed E-state index contributed by atoms with van der Waals surface area (Å²) in [6, 6.07) is 7.40. The highest BCUT2D eigenvalue weighted by atomic mass is 16.5. The molecule has 1 fully saturated rings. The summed E-state index contributed by atoms with van der Waals surface area (Å²) in [7, 11) is 0. The third kappa shape index (κ3) is 4.64. The van der Waals surface area contributed by atoms with E-state index in [4.69, 9.17) is 4.74 Å². The number of piperidine rings is 1. The molecule has 1 aromatic carbocycles. The van der Waals surface area contributed by atoms with Gasteiger partial charge in [-0.1, -0.05) is 19.1 Å². The number of hydrogen-bond acceptors (Lipinski definition) is 3. The molecular formula is C17H25NO2. The van der Waals surface area contributed by atoms with Crippen LogP contribution in [0.2, 0.25) is 0 Å². The van der Waals surface area contributed by atoms with Crippen molar-refractivity contribution in [2.24, 2.45) is 5.92 Å². The van der Waals surface area contributed by atoms with Crippen LogP contribution in [0.1, 0.15) is 43.0 Å². The molecular weight excluding hydrogens is 250 g/mol. The van der Waals surface area contributed by atoms with Crippen LogP contribution in [-0.4, -0.2) is 37.4 Å². The molecule has 1 saturated heterocycles. The van der Waals surface area contributed by atoms with Crippen LogP contribution >= 0.6 is 0 Å². The Labute approximate surface area is 121 Å². The number of para-hydroxylation sites is 1. The van der Waals surface area contributed by atoms with Crippen LogP contribution in [0.3, 0.4) is 0 Å². The predicted octanol–water partition coefficient (Wildman–Crippen LogP) is 3.39. The highest BCUT2D eigenvalue weighted by Gasteiger charge is 2.14. The van der Waals surface area contributed by atoms with Crippen molar-refractivity contribution >= 4 is 6.29 Å². The van der Waals surface area contributed by atoms with Gasteiger partial charge in [-0.2, -0.15) is 0 Å². The first kappa shape index (κ1) is 15.0. The molecule has 0 radical (unpaired) electrons. The topological polar surface area (TPSA) is 29.5 Å². The van der Waals surface area contributed by atoms with E-state index in [0.717, 1.165) is 25.0 Å². The fourth-order valence-electron chi connectivity index (χ4n) is 2.61. The van der Waals surface area contributed by atoms with Crippen molar-refractivity contribution in [2.45, 2.75) is 32.6 Å². The van der Waals surface area contributed by atoms with Crippen LogP contribution in [0.15, 0.2) is 24.3 Å². The molecule has 0 saturated carbocycles. The zero-order valence-electron chi connectivity index (χ0n) is 12.4. The quantitative estimate of drug-likeness (QED) is 0.564. The van der Waals surface area contributed by atoms with E-state index in [1.807, 2.05) is 18.2 Å². The maximum absolute atomic E-state index is 10.9. The Morgan fingerprint density at radius 2 is 2.00 bits per heavy atom. The van der Waals surface area contributed by atoms with Crippen LogP contribution < -0.4 is 4.74 Å². The summed E-state index contributed by atoms with van der Waals surface area (Å²) < 4.78 is 5.68. The minimum Gasteiger partial charge on any atom is -0.493 e. The van der Waals surface area contributed by atoms with Gasteiger partial charge in [0.15, 0.2) is 6.29 Å². The molecule has 1 aliphatic heterocycles. The smallest absolute Gasteiger partial charge is 0.153 e. The molecule has 0 atom stereocenters. The maximum Gasteiger partial charge on any atom is 0.153 e. The van der Waals surface area contributed by atoms with E-state index in [1.165, 1.54) is 32.5 Å².